The third-order valence-corrected chi connectivity index (χ3v) is 1.82. The standard InChI is InChI=1S/C7H13NO4/c9-3-7(4-10,5-11)1-2-8-6-12/h9-11H,1-5H2. The summed E-state index contributed by atoms with van der Waals surface area (Å²) in [4.78, 5) is 12.9. The summed E-state index contributed by atoms with van der Waals surface area (Å²) in [6.07, 6.45) is 1.61. The summed E-state index contributed by atoms with van der Waals surface area (Å²) >= 11 is 0. The Hall–Kier alpha value is -0.740. The van der Waals surface area contributed by atoms with Gasteiger partial charge in [0, 0.05) is 5.41 Å². The molecular formula is C7H13NO4. The average molecular weight is 175 g/mol. The number of aliphatic hydroxyl groups is 3. The highest BCUT2D eigenvalue weighted by Crippen LogP contribution is 2.19. The van der Waals surface area contributed by atoms with Gasteiger partial charge >= 0.3 is 0 Å². The van der Waals surface area contributed by atoms with Gasteiger partial charge in [-0.15, -0.1) is 0 Å². The minimum Gasteiger partial charge on any atom is -0.396 e. The lowest BCUT2D eigenvalue weighted by atomic mass is 9.87. The Bertz CT molecular complexity index is 153. The predicted molar refractivity (Wildman–Crippen MR) is 41.3 cm³/mol. The largest absolute Gasteiger partial charge is 0.396 e. The molecule has 0 heterocycles. The van der Waals surface area contributed by atoms with E-state index in [0.717, 1.165) is 0 Å². The summed E-state index contributed by atoms with van der Waals surface area (Å²) in [6, 6.07) is 0. The van der Waals surface area contributed by atoms with Crippen LogP contribution in [0.4, 0.5) is 0 Å². The second kappa shape index (κ2) is 5.85. The van der Waals surface area contributed by atoms with Crippen molar-refractivity contribution >= 4 is 6.08 Å². The molecule has 5 nitrogen and oxygen atoms in total. The second-order valence-corrected chi connectivity index (χ2v) is 2.70. The molecule has 0 aromatic rings. The maximum Gasteiger partial charge on any atom is 0.234 e. The molecule has 12 heavy (non-hydrogen) atoms. The Labute approximate surface area is 70.4 Å². The van der Waals surface area contributed by atoms with E-state index in [0.29, 0.717) is 0 Å². The van der Waals surface area contributed by atoms with Gasteiger partial charge in [0.2, 0.25) is 6.08 Å². The van der Waals surface area contributed by atoms with Crippen LogP contribution >= 0.6 is 0 Å². The van der Waals surface area contributed by atoms with Crippen LogP contribution in [-0.2, 0) is 4.79 Å². The van der Waals surface area contributed by atoms with Crippen LogP contribution in [0.3, 0.4) is 0 Å². The summed E-state index contributed by atoms with van der Waals surface area (Å²) in [5, 5.41) is 26.4. The fourth-order valence-electron chi connectivity index (χ4n) is 0.726. The summed E-state index contributed by atoms with van der Waals surface area (Å²) in [7, 11) is 0. The first-order chi connectivity index (χ1) is 5.74. The Kier molecular flexibility index (Phi) is 5.49. The first-order valence-corrected chi connectivity index (χ1v) is 3.61. The van der Waals surface area contributed by atoms with E-state index in [-0.39, 0.29) is 32.8 Å². The van der Waals surface area contributed by atoms with Crippen LogP contribution in [0.25, 0.3) is 0 Å². The molecule has 0 aromatic heterocycles. The molecule has 0 radical (unpaired) electrons. The molecule has 0 aliphatic carbocycles. The summed E-state index contributed by atoms with van der Waals surface area (Å²) in [5.74, 6) is 0. The number of hydrogen-bond donors (Lipinski definition) is 3. The van der Waals surface area contributed by atoms with Gasteiger partial charge in [0.1, 0.15) is 0 Å². The average Bonchev–Trinajstić information content (AvgIpc) is 2.14. The minimum absolute atomic E-state index is 0.158. The highest BCUT2D eigenvalue weighted by Gasteiger charge is 2.27. The maximum absolute atomic E-state index is 9.68. The molecule has 0 atom stereocenters. The number of isocyanates is 1. The summed E-state index contributed by atoms with van der Waals surface area (Å²) in [6.45, 7) is -0.817. The van der Waals surface area contributed by atoms with Crippen LogP contribution < -0.4 is 0 Å². The second-order valence-electron chi connectivity index (χ2n) is 2.70. The van der Waals surface area contributed by atoms with Gasteiger partial charge in [0.05, 0.1) is 26.4 Å². The van der Waals surface area contributed by atoms with Crippen molar-refractivity contribution in [3.05, 3.63) is 0 Å². The zero-order valence-electron chi connectivity index (χ0n) is 6.73. The summed E-state index contributed by atoms with van der Waals surface area (Å²) in [5.41, 5.74) is -0.930. The highest BCUT2D eigenvalue weighted by atomic mass is 16.3. The highest BCUT2D eigenvalue weighted by molar-refractivity contribution is 5.32. The molecular weight excluding hydrogens is 162 g/mol. The molecule has 0 bridgehead atoms. The van der Waals surface area contributed by atoms with Crippen molar-refractivity contribution in [2.45, 2.75) is 6.42 Å². The lowest BCUT2D eigenvalue weighted by molar-refractivity contribution is 0.00137. The van der Waals surface area contributed by atoms with Crippen LogP contribution in [0.5, 0.6) is 0 Å². The van der Waals surface area contributed by atoms with Gasteiger partial charge in [-0.25, -0.2) is 9.79 Å². The first kappa shape index (κ1) is 11.3. The number of aliphatic hydroxyl groups excluding tert-OH is 3. The maximum atomic E-state index is 9.68. The number of carbonyl (C=O) groups excluding carboxylic acids is 1. The molecule has 0 fully saturated rings. The summed E-state index contributed by atoms with van der Waals surface area (Å²) < 4.78 is 0. The van der Waals surface area contributed by atoms with Crippen molar-refractivity contribution in [1.82, 2.24) is 0 Å². The van der Waals surface area contributed by atoms with E-state index < -0.39 is 5.41 Å². The topological polar surface area (TPSA) is 90.1 Å². The molecule has 0 saturated heterocycles. The number of rotatable bonds is 6. The molecule has 70 valence electrons. The molecule has 0 aliphatic rings. The predicted octanol–water partition coefficient (Wildman–Crippen LogP) is -1.32. The SMILES string of the molecule is O=C=NCCC(CO)(CO)CO. The van der Waals surface area contributed by atoms with Crippen LogP contribution in [0.15, 0.2) is 4.99 Å². The first-order valence-electron chi connectivity index (χ1n) is 3.61. The molecule has 0 aromatic carbocycles. The van der Waals surface area contributed by atoms with Crippen molar-refractivity contribution < 1.29 is 20.1 Å². The van der Waals surface area contributed by atoms with E-state index in [1.165, 1.54) is 6.08 Å². The quantitative estimate of drug-likeness (QED) is 0.345. The third-order valence-electron chi connectivity index (χ3n) is 1.82. The van der Waals surface area contributed by atoms with Gasteiger partial charge in [0.15, 0.2) is 0 Å². The van der Waals surface area contributed by atoms with Crippen molar-refractivity contribution in [1.29, 1.82) is 0 Å². The van der Waals surface area contributed by atoms with Gasteiger partial charge in [-0.1, -0.05) is 0 Å². The van der Waals surface area contributed by atoms with Crippen LogP contribution in [0.2, 0.25) is 0 Å². The fraction of sp³-hybridized carbons (Fsp3) is 0.857. The normalized spacial score (nSPS) is 10.9. The van der Waals surface area contributed by atoms with Crippen LogP contribution in [-0.4, -0.2) is 47.8 Å². The Morgan fingerprint density at radius 3 is 2.00 bits per heavy atom. The van der Waals surface area contributed by atoms with E-state index in [4.69, 9.17) is 15.3 Å². The van der Waals surface area contributed by atoms with E-state index in [1.54, 1.807) is 0 Å². The molecule has 0 rings (SSSR count). The van der Waals surface area contributed by atoms with Gasteiger partial charge in [0.25, 0.3) is 0 Å². The fourth-order valence-corrected chi connectivity index (χ4v) is 0.726. The van der Waals surface area contributed by atoms with Gasteiger partial charge < -0.3 is 15.3 Å². The minimum atomic E-state index is -0.930. The molecule has 0 spiro atoms. The Morgan fingerprint density at radius 1 is 1.17 bits per heavy atom. The number of hydrogen-bond acceptors (Lipinski definition) is 5. The van der Waals surface area contributed by atoms with Crippen molar-refractivity contribution in [3.8, 4) is 0 Å². The lowest BCUT2D eigenvalue weighted by Crippen LogP contribution is -2.34. The van der Waals surface area contributed by atoms with Gasteiger partial charge in [-0.3, -0.25) is 0 Å². The molecule has 0 aliphatic heterocycles. The van der Waals surface area contributed by atoms with Gasteiger partial charge in [-0.2, -0.15) is 0 Å². The molecule has 0 unspecified atom stereocenters. The molecule has 3 N–H and O–H groups in total. The Balaban J connectivity index is 4.00. The lowest BCUT2D eigenvalue weighted by Gasteiger charge is -2.25. The van der Waals surface area contributed by atoms with Crippen molar-refractivity contribution in [3.63, 3.8) is 0 Å². The molecule has 0 saturated carbocycles. The van der Waals surface area contributed by atoms with Crippen molar-refractivity contribution in [2.75, 3.05) is 26.4 Å². The number of nitrogens with zero attached hydrogens (tertiary/aromatic N) is 1. The monoisotopic (exact) mass is 175 g/mol. The van der Waals surface area contributed by atoms with E-state index >= 15 is 0 Å². The van der Waals surface area contributed by atoms with E-state index in [1.807, 2.05) is 0 Å². The van der Waals surface area contributed by atoms with Gasteiger partial charge in [-0.05, 0) is 6.42 Å². The van der Waals surface area contributed by atoms with E-state index in [9.17, 15) is 4.79 Å². The van der Waals surface area contributed by atoms with Crippen LogP contribution in [0.1, 0.15) is 6.42 Å². The zero-order valence-corrected chi connectivity index (χ0v) is 6.73. The third kappa shape index (κ3) is 3.11. The number of aliphatic imine (C=N–C) groups is 1. The van der Waals surface area contributed by atoms with Crippen LogP contribution in [0, 0.1) is 5.41 Å². The van der Waals surface area contributed by atoms with Crippen molar-refractivity contribution in [2.24, 2.45) is 10.4 Å². The molecule has 5 heteroatoms. The smallest absolute Gasteiger partial charge is 0.234 e. The zero-order chi connectivity index (χ0) is 9.45. The van der Waals surface area contributed by atoms with E-state index in [2.05, 4.69) is 4.99 Å². The molecule has 0 amide bonds. The Morgan fingerprint density at radius 2 is 1.67 bits per heavy atom.